The van der Waals surface area contributed by atoms with Crippen LogP contribution in [-0.2, 0) is 22.0 Å². The zero-order valence-electron chi connectivity index (χ0n) is 17.1. The molecule has 0 fully saturated rings. The zero-order chi connectivity index (χ0) is 23.8. The molecule has 2 aromatic carbocycles. The summed E-state index contributed by atoms with van der Waals surface area (Å²) in [6.45, 7) is 1.84. The van der Waals surface area contributed by atoms with Crippen LogP contribution in [0.4, 0.5) is 36.3 Å². The fourth-order valence-electron chi connectivity index (χ4n) is 3.20. The summed E-state index contributed by atoms with van der Waals surface area (Å²) in [6.07, 6.45) is -4.09. The van der Waals surface area contributed by atoms with Gasteiger partial charge in [0, 0.05) is 28.7 Å². The van der Waals surface area contributed by atoms with E-state index in [0.29, 0.717) is 11.9 Å². The van der Waals surface area contributed by atoms with E-state index in [4.69, 9.17) is 5.14 Å². The first-order valence-electron chi connectivity index (χ1n) is 9.51. The van der Waals surface area contributed by atoms with Crippen molar-refractivity contribution < 1.29 is 21.6 Å². The van der Waals surface area contributed by atoms with Crippen LogP contribution in [0, 0.1) is 6.92 Å². The molecule has 0 aliphatic rings. The highest BCUT2D eigenvalue weighted by molar-refractivity contribution is 7.88. The van der Waals surface area contributed by atoms with Crippen LogP contribution in [-0.4, -0.2) is 28.6 Å². The van der Waals surface area contributed by atoms with Crippen molar-refractivity contribution in [2.45, 2.75) is 18.9 Å². The number of fused-ring (bicyclic) bond motifs is 1. The Hall–Kier alpha value is -3.71. The molecule has 9 nitrogen and oxygen atoms in total. The van der Waals surface area contributed by atoms with Gasteiger partial charge in [0.1, 0.15) is 11.4 Å². The normalized spacial score (nSPS) is 12.2. The summed E-state index contributed by atoms with van der Waals surface area (Å²) in [5.41, 5.74) is 1.32. The van der Waals surface area contributed by atoms with Crippen molar-refractivity contribution in [2.24, 2.45) is 5.14 Å². The molecule has 4 rings (SSSR count). The highest BCUT2D eigenvalue weighted by Gasteiger charge is 2.35. The number of hydrogen-bond acceptors (Lipinski definition) is 7. The summed E-state index contributed by atoms with van der Waals surface area (Å²) in [5.74, 6) is -1.19. The molecule has 0 radical (unpaired) electrons. The topological polar surface area (TPSA) is 139 Å². The molecular formula is C20H18F3N7O2S. The maximum atomic E-state index is 13.6. The molecule has 0 unspecified atom stereocenters. The molecule has 2 aromatic heterocycles. The quantitative estimate of drug-likeness (QED) is 0.330. The van der Waals surface area contributed by atoms with Gasteiger partial charge in [-0.2, -0.15) is 23.3 Å². The Morgan fingerprint density at radius 1 is 1.12 bits per heavy atom. The summed E-state index contributed by atoms with van der Waals surface area (Å²) in [5, 5.41) is 18.4. The number of H-pyrrole nitrogens is 1. The van der Waals surface area contributed by atoms with Crippen LogP contribution in [0.5, 0.6) is 0 Å². The monoisotopic (exact) mass is 477 g/mol. The average molecular weight is 477 g/mol. The molecule has 33 heavy (non-hydrogen) atoms. The van der Waals surface area contributed by atoms with E-state index in [9.17, 15) is 21.6 Å². The molecular weight excluding hydrogens is 459 g/mol. The van der Waals surface area contributed by atoms with Crippen molar-refractivity contribution in [1.29, 1.82) is 0 Å². The number of halogens is 3. The molecule has 0 aliphatic carbocycles. The average Bonchev–Trinajstić information content (AvgIpc) is 3.08. The Balaban J connectivity index is 1.71. The maximum absolute atomic E-state index is 13.6. The second-order valence-corrected chi connectivity index (χ2v) is 8.86. The third-order valence-corrected chi connectivity index (χ3v) is 5.44. The number of nitrogens with zero attached hydrogens (tertiary/aromatic N) is 3. The number of aromatic nitrogens is 4. The molecule has 172 valence electrons. The number of benzene rings is 2. The van der Waals surface area contributed by atoms with E-state index in [1.54, 1.807) is 30.3 Å². The second-order valence-electron chi connectivity index (χ2n) is 7.25. The third kappa shape index (κ3) is 5.21. The van der Waals surface area contributed by atoms with Crippen molar-refractivity contribution in [2.75, 3.05) is 10.6 Å². The van der Waals surface area contributed by atoms with Gasteiger partial charge in [-0.25, -0.2) is 18.5 Å². The van der Waals surface area contributed by atoms with Crippen LogP contribution in [0.25, 0.3) is 10.9 Å². The Kier molecular flexibility index (Phi) is 5.68. The largest absolute Gasteiger partial charge is 0.421 e. The summed E-state index contributed by atoms with van der Waals surface area (Å²) in [7, 11) is -3.91. The van der Waals surface area contributed by atoms with Crippen LogP contribution in [0.3, 0.4) is 0 Å². The maximum Gasteiger partial charge on any atom is 0.421 e. The minimum Gasteiger partial charge on any atom is -0.339 e. The molecule has 4 aromatic rings. The highest BCUT2D eigenvalue weighted by atomic mass is 32.2. The zero-order valence-corrected chi connectivity index (χ0v) is 17.9. The minimum atomic E-state index is -4.75. The van der Waals surface area contributed by atoms with Crippen LogP contribution >= 0.6 is 0 Å². The Bertz CT molecular complexity index is 1440. The number of alkyl halides is 3. The number of aryl methyl sites for hydroxylation is 1. The molecule has 0 aliphatic heterocycles. The lowest BCUT2D eigenvalue weighted by atomic mass is 10.2. The fourth-order valence-corrected chi connectivity index (χ4v) is 3.89. The summed E-state index contributed by atoms with van der Waals surface area (Å²) < 4.78 is 63.8. The van der Waals surface area contributed by atoms with Crippen molar-refractivity contribution in [1.82, 2.24) is 20.2 Å². The van der Waals surface area contributed by atoms with Gasteiger partial charge in [-0.3, -0.25) is 5.10 Å². The predicted octanol–water partition coefficient (Wildman–Crippen LogP) is 3.96. The van der Waals surface area contributed by atoms with E-state index >= 15 is 0 Å². The first-order chi connectivity index (χ1) is 15.5. The number of para-hydroxylation sites is 1. The van der Waals surface area contributed by atoms with Gasteiger partial charge in [-0.1, -0.05) is 18.2 Å². The van der Waals surface area contributed by atoms with E-state index in [1.807, 2.05) is 6.92 Å². The second kappa shape index (κ2) is 8.33. The first kappa shape index (κ1) is 22.5. The van der Waals surface area contributed by atoms with Gasteiger partial charge in [-0.05, 0) is 36.8 Å². The van der Waals surface area contributed by atoms with Gasteiger partial charge in [0.25, 0.3) is 0 Å². The Morgan fingerprint density at radius 2 is 1.88 bits per heavy atom. The fraction of sp³-hybridized carbons (Fsp3) is 0.150. The lowest BCUT2D eigenvalue weighted by Gasteiger charge is -2.16. The van der Waals surface area contributed by atoms with Gasteiger partial charge in [0.15, 0.2) is 0 Å². The van der Waals surface area contributed by atoms with E-state index < -0.39 is 33.3 Å². The molecule has 2 heterocycles. The molecule has 0 atom stereocenters. The number of rotatable bonds is 6. The Labute approximate surface area is 186 Å². The number of aromatic amines is 1. The van der Waals surface area contributed by atoms with E-state index in [-0.39, 0.29) is 17.2 Å². The van der Waals surface area contributed by atoms with Gasteiger partial charge in [0.2, 0.25) is 16.0 Å². The number of nitrogens with two attached hydrogens (primary N) is 1. The minimum absolute atomic E-state index is 0.0880. The predicted molar refractivity (Wildman–Crippen MR) is 118 cm³/mol. The van der Waals surface area contributed by atoms with E-state index in [1.165, 1.54) is 12.1 Å². The van der Waals surface area contributed by atoms with Gasteiger partial charge in [-0.15, -0.1) is 0 Å². The molecule has 0 saturated carbocycles. The molecule has 0 amide bonds. The lowest BCUT2D eigenvalue weighted by Crippen LogP contribution is -2.16. The van der Waals surface area contributed by atoms with E-state index in [0.717, 1.165) is 16.6 Å². The van der Waals surface area contributed by atoms with Gasteiger partial charge in [0.05, 0.1) is 11.3 Å². The standard InChI is InChI=1S/C20H18F3N7O2S/c1-11-14-8-13(6-7-17(14)30-29-11)26-19-25-9-15(20(21,22)23)18(28-19)27-16-5-3-2-4-12(16)10-33(24,31)32/h2-9H,10H2,1H3,(H,29,30)(H2,24,31,32)(H2,25,26,27,28). The number of sulfonamides is 1. The number of hydrogen-bond donors (Lipinski definition) is 4. The van der Waals surface area contributed by atoms with Crippen LogP contribution in [0.15, 0.2) is 48.7 Å². The van der Waals surface area contributed by atoms with Crippen molar-refractivity contribution in [3.63, 3.8) is 0 Å². The Morgan fingerprint density at radius 3 is 2.61 bits per heavy atom. The van der Waals surface area contributed by atoms with Gasteiger partial charge < -0.3 is 10.6 Å². The van der Waals surface area contributed by atoms with Gasteiger partial charge >= 0.3 is 6.18 Å². The van der Waals surface area contributed by atoms with Crippen LogP contribution in [0.2, 0.25) is 0 Å². The molecule has 0 spiro atoms. The SMILES string of the molecule is Cc1[nH]nc2ccc(Nc3ncc(C(F)(F)F)c(Nc4ccccc4CS(N)(=O)=O)n3)cc12. The van der Waals surface area contributed by atoms with Crippen molar-refractivity contribution >= 4 is 44.1 Å². The summed E-state index contributed by atoms with van der Waals surface area (Å²) in [6, 6.07) is 11.2. The highest BCUT2D eigenvalue weighted by Crippen LogP contribution is 2.36. The third-order valence-electron chi connectivity index (χ3n) is 4.72. The number of nitrogens with one attached hydrogen (secondary N) is 3. The molecule has 0 bridgehead atoms. The first-order valence-corrected chi connectivity index (χ1v) is 11.2. The lowest BCUT2D eigenvalue weighted by molar-refractivity contribution is -0.137. The molecule has 13 heteroatoms. The van der Waals surface area contributed by atoms with Crippen LogP contribution in [0.1, 0.15) is 16.8 Å². The number of anilines is 4. The number of primary sulfonamides is 1. The van der Waals surface area contributed by atoms with Crippen molar-refractivity contribution in [3.05, 3.63) is 65.5 Å². The van der Waals surface area contributed by atoms with E-state index in [2.05, 4.69) is 30.8 Å². The van der Waals surface area contributed by atoms with Crippen molar-refractivity contribution in [3.8, 4) is 0 Å². The molecule has 5 N–H and O–H groups in total. The smallest absolute Gasteiger partial charge is 0.339 e. The molecule has 0 saturated heterocycles. The summed E-state index contributed by atoms with van der Waals surface area (Å²) in [4.78, 5) is 7.79. The summed E-state index contributed by atoms with van der Waals surface area (Å²) >= 11 is 0. The van der Waals surface area contributed by atoms with Crippen LogP contribution < -0.4 is 15.8 Å².